The van der Waals surface area contributed by atoms with Gasteiger partial charge in [-0.15, -0.1) is 0 Å². The van der Waals surface area contributed by atoms with Gasteiger partial charge in [-0.2, -0.15) is 0 Å². The number of piperidine rings is 1. The molecule has 2 aliphatic heterocycles. The van der Waals surface area contributed by atoms with Gasteiger partial charge in [-0.05, 0) is 37.8 Å². The molecule has 7 heteroatoms. The van der Waals surface area contributed by atoms with Crippen molar-refractivity contribution in [1.29, 1.82) is 0 Å². The number of fused-ring (bicyclic) bond motifs is 2. The van der Waals surface area contributed by atoms with Crippen LogP contribution in [0.2, 0.25) is 0 Å². The lowest BCUT2D eigenvalue weighted by molar-refractivity contribution is 0.0580. The molecule has 2 amide bonds. The lowest BCUT2D eigenvalue weighted by atomic mass is 10.0. The number of anilines is 1. The Labute approximate surface area is 121 Å². The fraction of sp³-hybridized carbons (Fsp3) is 0.500. The number of pyridine rings is 1. The number of aromatic nitrogens is 1. The fourth-order valence-electron chi connectivity index (χ4n) is 3.34. The van der Waals surface area contributed by atoms with E-state index in [2.05, 4.69) is 10.3 Å². The zero-order chi connectivity index (χ0) is 15.0. The number of aliphatic hydroxyl groups excluding tert-OH is 1. The third kappa shape index (κ3) is 2.56. The Hall–Kier alpha value is -2.15. The highest BCUT2D eigenvalue weighted by atomic mass is 16.4. The van der Waals surface area contributed by atoms with Crippen molar-refractivity contribution in [2.24, 2.45) is 0 Å². The summed E-state index contributed by atoms with van der Waals surface area (Å²) in [7, 11) is 0. The number of aromatic carboxylic acids is 1. The predicted octanol–water partition coefficient (Wildman–Crippen LogP) is 1.30. The molecule has 7 nitrogen and oxygen atoms in total. The van der Waals surface area contributed by atoms with Crippen LogP contribution in [-0.4, -0.2) is 50.3 Å². The second-order valence-electron chi connectivity index (χ2n) is 5.55. The molecule has 2 bridgehead atoms. The summed E-state index contributed by atoms with van der Waals surface area (Å²) in [6.07, 6.45) is 3.97. The van der Waals surface area contributed by atoms with Crippen LogP contribution in [0.15, 0.2) is 18.3 Å². The first-order valence-corrected chi connectivity index (χ1v) is 7.02. The fourth-order valence-corrected chi connectivity index (χ4v) is 3.34. The molecule has 0 aliphatic carbocycles. The largest absolute Gasteiger partial charge is 0.476 e. The Morgan fingerprint density at radius 1 is 1.29 bits per heavy atom. The van der Waals surface area contributed by atoms with E-state index in [1.54, 1.807) is 11.0 Å². The van der Waals surface area contributed by atoms with E-state index in [4.69, 9.17) is 5.11 Å². The lowest BCUT2D eigenvalue weighted by Gasteiger charge is -2.37. The Morgan fingerprint density at radius 2 is 1.95 bits per heavy atom. The van der Waals surface area contributed by atoms with Crippen LogP contribution in [0.25, 0.3) is 0 Å². The van der Waals surface area contributed by atoms with Gasteiger partial charge < -0.3 is 20.4 Å². The zero-order valence-electron chi connectivity index (χ0n) is 11.4. The van der Waals surface area contributed by atoms with Crippen LogP contribution in [0.5, 0.6) is 0 Å². The standard InChI is InChI=1S/C14H17N3O4/c18-10-6-8-3-4-9(7-10)17(8)14(21)16-11-2-1-5-15-12(11)13(19)20/h1-2,5,8-10,18H,3-4,6-7H2,(H,16,21)(H,19,20). The molecule has 2 atom stereocenters. The lowest BCUT2D eigenvalue weighted by Crippen LogP contribution is -2.49. The Morgan fingerprint density at radius 3 is 2.57 bits per heavy atom. The Balaban J connectivity index is 1.77. The second-order valence-corrected chi connectivity index (χ2v) is 5.55. The van der Waals surface area contributed by atoms with Gasteiger partial charge in [0.05, 0.1) is 11.8 Å². The normalized spacial score (nSPS) is 27.5. The predicted molar refractivity (Wildman–Crippen MR) is 74.1 cm³/mol. The number of carboxylic acid groups (broad SMARTS) is 1. The number of urea groups is 1. The molecule has 1 aromatic rings. The summed E-state index contributed by atoms with van der Waals surface area (Å²) in [6, 6.07) is 2.85. The first-order valence-electron chi connectivity index (χ1n) is 7.02. The summed E-state index contributed by atoms with van der Waals surface area (Å²) in [5, 5.41) is 21.5. The number of hydrogen-bond donors (Lipinski definition) is 3. The van der Waals surface area contributed by atoms with Gasteiger partial charge in [0.2, 0.25) is 0 Å². The van der Waals surface area contributed by atoms with Gasteiger partial charge in [0.15, 0.2) is 5.69 Å². The molecule has 112 valence electrons. The summed E-state index contributed by atoms with van der Waals surface area (Å²) >= 11 is 0. The van der Waals surface area contributed by atoms with Crippen LogP contribution < -0.4 is 5.32 Å². The summed E-state index contributed by atoms with van der Waals surface area (Å²) in [4.78, 5) is 29.0. The summed E-state index contributed by atoms with van der Waals surface area (Å²) in [5.74, 6) is -1.18. The monoisotopic (exact) mass is 291 g/mol. The third-order valence-electron chi connectivity index (χ3n) is 4.19. The topological polar surface area (TPSA) is 103 Å². The number of nitrogens with one attached hydrogen (secondary N) is 1. The minimum absolute atomic E-state index is 0.0312. The molecule has 2 fully saturated rings. The highest BCUT2D eigenvalue weighted by molar-refractivity contribution is 5.98. The van der Waals surface area contributed by atoms with Gasteiger partial charge >= 0.3 is 12.0 Å². The van der Waals surface area contributed by atoms with Crippen molar-refractivity contribution in [3.63, 3.8) is 0 Å². The first kappa shape index (κ1) is 13.8. The van der Waals surface area contributed by atoms with Gasteiger partial charge in [0.25, 0.3) is 0 Å². The smallest absolute Gasteiger partial charge is 0.356 e. The number of nitrogens with zero attached hydrogens (tertiary/aromatic N) is 2. The van der Waals surface area contributed by atoms with Gasteiger partial charge in [-0.25, -0.2) is 14.6 Å². The Kier molecular flexibility index (Phi) is 3.50. The van der Waals surface area contributed by atoms with Crippen molar-refractivity contribution in [1.82, 2.24) is 9.88 Å². The molecule has 0 radical (unpaired) electrons. The number of rotatable bonds is 2. The van der Waals surface area contributed by atoms with Crippen molar-refractivity contribution < 1.29 is 19.8 Å². The molecule has 1 aromatic heterocycles. The molecule has 2 aliphatic rings. The molecule has 3 heterocycles. The average molecular weight is 291 g/mol. The highest BCUT2D eigenvalue weighted by Gasteiger charge is 2.42. The third-order valence-corrected chi connectivity index (χ3v) is 4.19. The van der Waals surface area contributed by atoms with Crippen LogP contribution in [0, 0.1) is 0 Å². The van der Waals surface area contributed by atoms with E-state index < -0.39 is 5.97 Å². The van der Waals surface area contributed by atoms with Crippen LogP contribution in [-0.2, 0) is 0 Å². The highest BCUT2D eigenvalue weighted by Crippen LogP contribution is 2.36. The van der Waals surface area contributed by atoms with Gasteiger partial charge in [-0.3, -0.25) is 0 Å². The number of hydrogen-bond acceptors (Lipinski definition) is 4. The van der Waals surface area contributed by atoms with E-state index in [0.717, 1.165) is 12.8 Å². The number of aliphatic hydroxyl groups is 1. The van der Waals surface area contributed by atoms with E-state index in [-0.39, 0.29) is 35.6 Å². The maximum atomic E-state index is 12.4. The van der Waals surface area contributed by atoms with E-state index in [9.17, 15) is 14.7 Å². The summed E-state index contributed by atoms with van der Waals surface area (Å²) in [5.41, 5.74) is 0.0239. The minimum atomic E-state index is -1.18. The van der Waals surface area contributed by atoms with E-state index in [0.29, 0.717) is 12.8 Å². The van der Waals surface area contributed by atoms with Crippen molar-refractivity contribution in [2.75, 3.05) is 5.32 Å². The van der Waals surface area contributed by atoms with E-state index in [1.165, 1.54) is 12.3 Å². The Bertz CT molecular complexity index is 563. The second kappa shape index (κ2) is 5.33. The summed E-state index contributed by atoms with van der Waals surface area (Å²) < 4.78 is 0. The molecular weight excluding hydrogens is 274 g/mol. The minimum Gasteiger partial charge on any atom is -0.476 e. The quantitative estimate of drug-likeness (QED) is 0.762. The SMILES string of the molecule is O=C(O)c1ncccc1NC(=O)N1C2CCC1CC(O)C2. The van der Waals surface area contributed by atoms with Gasteiger partial charge in [0.1, 0.15) is 0 Å². The number of amides is 2. The maximum Gasteiger partial charge on any atom is 0.356 e. The molecule has 2 unspecified atom stereocenters. The van der Waals surface area contributed by atoms with Gasteiger partial charge in [0, 0.05) is 18.3 Å². The van der Waals surface area contributed by atoms with Crippen LogP contribution in [0.3, 0.4) is 0 Å². The average Bonchev–Trinajstić information content (AvgIpc) is 2.71. The molecule has 0 saturated carbocycles. The van der Waals surface area contributed by atoms with E-state index >= 15 is 0 Å². The molecule has 0 spiro atoms. The van der Waals surface area contributed by atoms with Crippen LogP contribution in [0.4, 0.5) is 10.5 Å². The first-order chi connectivity index (χ1) is 10.1. The van der Waals surface area contributed by atoms with Gasteiger partial charge in [-0.1, -0.05) is 0 Å². The van der Waals surface area contributed by atoms with Crippen molar-refractivity contribution in [3.8, 4) is 0 Å². The van der Waals surface area contributed by atoms with Crippen molar-refractivity contribution in [2.45, 2.75) is 43.9 Å². The number of carbonyl (C=O) groups excluding carboxylic acids is 1. The van der Waals surface area contributed by atoms with Crippen LogP contribution >= 0.6 is 0 Å². The molecule has 3 rings (SSSR count). The van der Waals surface area contributed by atoms with Crippen LogP contribution in [0.1, 0.15) is 36.2 Å². The van der Waals surface area contributed by atoms with Crippen molar-refractivity contribution >= 4 is 17.7 Å². The van der Waals surface area contributed by atoms with E-state index in [1.807, 2.05) is 0 Å². The molecule has 3 N–H and O–H groups in total. The molecule has 0 aromatic carbocycles. The maximum absolute atomic E-state index is 12.4. The molecule has 21 heavy (non-hydrogen) atoms. The molecular formula is C14H17N3O4. The number of carboxylic acids is 1. The van der Waals surface area contributed by atoms with Crippen molar-refractivity contribution in [3.05, 3.63) is 24.0 Å². The summed E-state index contributed by atoms with van der Waals surface area (Å²) in [6.45, 7) is 0. The molecule has 2 saturated heterocycles. The number of carbonyl (C=O) groups is 2. The zero-order valence-corrected chi connectivity index (χ0v) is 11.4.